The summed E-state index contributed by atoms with van der Waals surface area (Å²) in [6.07, 6.45) is 2.66. The van der Waals surface area contributed by atoms with Gasteiger partial charge in [-0.3, -0.25) is 4.79 Å². The molecule has 15 heavy (non-hydrogen) atoms. The number of hydrogen-bond donors (Lipinski definition) is 0. The van der Waals surface area contributed by atoms with Crippen molar-refractivity contribution in [3.8, 4) is 0 Å². The summed E-state index contributed by atoms with van der Waals surface area (Å²) in [5, 5.41) is 0. The van der Waals surface area contributed by atoms with Crippen molar-refractivity contribution in [3.63, 3.8) is 0 Å². The molecule has 0 amide bonds. The normalized spacial score (nSPS) is 26.4. The van der Waals surface area contributed by atoms with Crippen molar-refractivity contribution < 1.29 is 9.53 Å². The fourth-order valence-corrected chi connectivity index (χ4v) is 2.08. The monoisotopic (exact) mass is 208 g/mol. The Balaban J connectivity index is 2.96. The first-order valence-corrected chi connectivity index (χ1v) is 5.38. The van der Waals surface area contributed by atoms with E-state index in [2.05, 4.69) is 20.4 Å². The number of carbonyl (C=O) groups excluding carboxylic acids is 1. The first-order valence-electron chi connectivity index (χ1n) is 5.38. The smallest absolute Gasteiger partial charge is 0.303 e. The molecule has 1 rings (SSSR count). The lowest BCUT2D eigenvalue weighted by Gasteiger charge is -2.38. The molecule has 1 unspecified atom stereocenters. The molecule has 1 aliphatic carbocycles. The van der Waals surface area contributed by atoms with Gasteiger partial charge >= 0.3 is 5.97 Å². The second kappa shape index (κ2) is 4.21. The van der Waals surface area contributed by atoms with E-state index in [1.807, 2.05) is 6.92 Å². The molecule has 0 spiro atoms. The van der Waals surface area contributed by atoms with Gasteiger partial charge in [-0.1, -0.05) is 17.7 Å². The van der Waals surface area contributed by atoms with Crippen LogP contribution >= 0.6 is 0 Å². The molecule has 2 nitrogen and oxygen atoms in total. The number of carbonyl (C=O) groups is 1. The molecule has 1 aliphatic rings. The molecule has 2 heteroatoms. The minimum Gasteiger partial charge on any atom is -0.454 e. The van der Waals surface area contributed by atoms with Crippen LogP contribution in [0.4, 0.5) is 0 Å². The van der Waals surface area contributed by atoms with Crippen molar-refractivity contribution in [1.82, 2.24) is 0 Å². The van der Waals surface area contributed by atoms with Crippen LogP contribution in [0.3, 0.4) is 0 Å². The van der Waals surface area contributed by atoms with E-state index in [0.717, 1.165) is 24.8 Å². The van der Waals surface area contributed by atoms with Crippen molar-refractivity contribution >= 4 is 5.97 Å². The van der Waals surface area contributed by atoms with E-state index in [4.69, 9.17) is 4.74 Å². The molecule has 1 atom stereocenters. The van der Waals surface area contributed by atoms with Gasteiger partial charge < -0.3 is 4.74 Å². The van der Waals surface area contributed by atoms with Crippen LogP contribution in [0.1, 0.15) is 47.0 Å². The quantitative estimate of drug-likeness (QED) is 0.513. The van der Waals surface area contributed by atoms with Gasteiger partial charge in [0.25, 0.3) is 0 Å². The summed E-state index contributed by atoms with van der Waals surface area (Å²) in [5.74, 6) is -0.217. The third-order valence-corrected chi connectivity index (χ3v) is 3.30. The summed E-state index contributed by atoms with van der Waals surface area (Å²) in [6, 6.07) is 0. The zero-order valence-corrected chi connectivity index (χ0v) is 10.1. The maximum Gasteiger partial charge on any atom is 0.303 e. The molecule has 0 radical (unpaired) electrons. The summed E-state index contributed by atoms with van der Waals surface area (Å²) >= 11 is 0. The van der Waals surface area contributed by atoms with E-state index in [0.29, 0.717) is 0 Å². The molecule has 0 aromatic rings. The highest BCUT2D eigenvalue weighted by atomic mass is 16.6. The summed E-state index contributed by atoms with van der Waals surface area (Å²) in [7, 11) is 0. The average molecular weight is 208 g/mol. The van der Waals surface area contributed by atoms with Crippen LogP contribution in [0.15, 0.2) is 23.3 Å². The van der Waals surface area contributed by atoms with Gasteiger partial charge in [0.1, 0.15) is 5.60 Å². The number of ether oxygens (including phenoxy) is 1. The molecule has 0 saturated heterocycles. The summed E-state index contributed by atoms with van der Waals surface area (Å²) in [5.41, 5.74) is 3.24. The second-order valence-corrected chi connectivity index (χ2v) is 4.61. The fourth-order valence-electron chi connectivity index (χ4n) is 2.08. The molecule has 84 valence electrons. The van der Waals surface area contributed by atoms with Crippen molar-refractivity contribution in [2.24, 2.45) is 0 Å². The van der Waals surface area contributed by atoms with Gasteiger partial charge in [-0.05, 0) is 39.2 Å². The van der Waals surface area contributed by atoms with E-state index in [1.54, 1.807) is 0 Å². The molecule has 0 saturated carbocycles. The van der Waals surface area contributed by atoms with Crippen molar-refractivity contribution in [1.29, 1.82) is 0 Å². The standard InChI is InChI=1S/C13H20O2/c1-9(2)13(15-12(5)14)7-6-10(3)11(4)8-13/h1,6-8H2,2-5H3. The van der Waals surface area contributed by atoms with Gasteiger partial charge in [-0.2, -0.15) is 0 Å². The molecule has 0 bridgehead atoms. The van der Waals surface area contributed by atoms with E-state index in [-0.39, 0.29) is 5.97 Å². The average Bonchev–Trinajstić information content (AvgIpc) is 2.10. The molecule has 0 aromatic carbocycles. The van der Waals surface area contributed by atoms with Crippen LogP contribution in [0, 0.1) is 0 Å². The summed E-state index contributed by atoms with van der Waals surface area (Å²) in [6.45, 7) is 11.6. The van der Waals surface area contributed by atoms with E-state index < -0.39 is 5.60 Å². The number of allylic oxidation sites excluding steroid dienone is 1. The highest BCUT2D eigenvalue weighted by Gasteiger charge is 2.37. The van der Waals surface area contributed by atoms with E-state index in [9.17, 15) is 4.79 Å². The minimum atomic E-state index is -0.449. The molecule has 0 heterocycles. The van der Waals surface area contributed by atoms with Crippen LogP contribution in [-0.4, -0.2) is 11.6 Å². The zero-order valence-electron chi connectivity index (χ0n) is 10.1. The fraction of sp³-hybridized carbons (Fsp3) is 0.615. The lowest BCUT2D eigenvalue weighted by atomic mass is 9.77. The van der Waals surface area contributed by atoms with E-state index >= 15 is 0 Å². The highest BCUT2D eigenvalue weighted by Crippen LogP contribution is 2.39. The topological polar surface area (TPSA) is 26.3 Å². The molecule has 0 aliphatic heterocycles. The van der Waals surface area contributed by atoms with E-state index in [1.165, 1.54) is 18.1 Å². The number of hydrogen-bond acceptors (Lipinski definition) is 2. The largest absolute Gasteiger partial charge is 0.454 e. The molecular formula is C13H20O2. The Morgan fingerprint density at radius 3 is 2.33 bits per heavy atom. The predicted molar refractivity (Wildman–Crippen MR) is 61.5 cm³/mol. The number of esters is 1. The Labute approximate surface area is 92.0 Å². The van der Waals surface area contributed by atoms with Crippen LogP contribution < -0.4 is 0 Å². The van der Waals surface area contributed by atoms with Gasteiger partial charge in [-0.15, -0.1) is 0 Å². The SMILES string of the molecule is C=C(C)C1(OC(C)=O)CCC(C)=C(C)C1. The lowest BCUT2D eigenvalue weighted by Crippen LogP contribution is -2.38. The maximum absolute atomic E-state index is 11.1. The van der Waals surface area contributed by atoms with Crippen molar-refractivity contribution in [2.75, 3.05) is 0 Å². The Hall–Kier alpha value is -1.05. The summed E-state index contributed by atoms with van der Waals surface area (Å²) in [4.78, 5) is 11.1. The highest BCUT2D eigenvalue weighted by molar-refractivity contribution is 5.67. The zero-order chi connectivity index (χ0) is 11.6. The van der Waals surface area contributed by atoms with Gasteiger partial charge in [0.15, 0.2) is 0 Å². The molecule has 0 aromatic heterocycles. The Morgan fingerprint density at radius 1 is 1.33 bits per heavy atom. The minimum absolute atomic E-state index is 0.217. The lowest BCUT2D eigenvalue weighted by molar-refractivity contribution is -0.154. The van der Waals surface area contributed by atoms with Crippen LogP contribution in [0.2, 0.25) is 0 Å². The van der Waals surface area contributed by atoms with Crippen LogP contribution in [0.25, 0.3) is 0 Å². The van der Waals surface area contributed by atoms with Crippen LogP contribution in [-0.2, 0) is 9.53 Å². The van der Waals surface area contributed by atoms with Crippen molar-refractivity contribution in [2.45, 2.75) is 52.6 Å². The summed E-state index contributed by atoms with van der Waals surface area (Å²) < 4.78 is 5.49. The predicted octanol–water partition coefficient (Wildman–Crippen LogP) is 3.38. The Kier molecular flexibility index (Phi) is 3.38. The third kappa shape index (κ3) is 2.49. The Bertz CT molecular complexity index is 325. The maximum atomic E-state index is 11.1. The van der Waals surface area contributed by atoms with Gasteiger partial charge in [0.2, 0.25) is 0 Å². The second-order valence-electron chi connectivity index (χ2n) is 4.61. The van der Waals surface area contributed by atoms with Crippen molar-refractivity contribution in [3.05, 3.63) is 23.3 Å². The first kappa shape index (κ1) is 12.0. The molecule has 0 fully saturated rings. The third-order valence-electron chi connectivity index (χ3n) is 3.30. The number of rotatable bonds is 2. The van der Waals surface area contributed by atoms with Gasteiger partial charge in [-0.25, -0.2) is 0 Å². The molecular weight excluding hydrogens is 188 g/mol. The Morgan fingerprint density at radius 2 is 1.93 bits per heavy atom. The van der Waals surface area contributed by atoms with Gasteiger partial charge in [0.05, 0.1) is 0 Å². The van der Waals surface area contributed by atoms with Gasteiger partial charge in [0, 0.05) is 13.3 Å². The van der Waals surface area contributed by atoms with Crippen LogP contribution in [0.5, 0.6) is 0 Å². The first-order chi connectivity index (χ1) is 6.87. The molecule has 0 N–H and O–H groups in total.